The van der Waals surface area contributed by atoms with E-state index >= 15 is 0 Å². The quantitative estimate of drug-likeness (QED) is 0.912. The van der Waals surface area contributed by atoms with Crippen molar-refractivity contribution in [2.75, 3.05) is 6.61 Å². The number of aryl methyl sites for hydroxylation is 2. The lowest BCUT2D eigenvalue weighted by Gasteiger charge is -2.16. The first-order valence-electron chi connectivity index (χ1n) is 7.55. The van der Waals surface area contributed by atoms with Crippen LogP contribution in [0.3, 0.4) is 0 Å². The topological polar surface area (TPSA) is 75.2 Å². The van der Waals surface area contributed by atoms with Gasteiger partial charge in [-0.2, -0.15) is 0 Å². The van der Waals surface area contributed by atoms with E-state index in [-0.39, 0.29) is 5.92 Å². The van der Waals surface area contributed by atoms with Gasteiger partial charge in [0.2, 0.25) is 0 Å². The molecule has 5 heteroatoms. The first kappa shape index (κ1) is 14.8. The van der Waals surface area contributed by atoms with E-state index in [4.69, 9.17) is 9.72 Å². The summed E-state index contributed by atoms with van der Waals surface area (Å²) in [5.41, 5.74) is 5.09. The first-order valence-corrected chi connectivity index (χ1v) is 7.55. The van der Waals surface area contributed by atoms with Crippen molar-refractivity contribution in [1.82, 2.24) is 9.97 Å². The van der Waals surface area contributed by atoms with Crippen LogP contribution in [-0.2, 0) is 17.8 Å². The van der Waals surface area contributed by atoms with Crippen LogP contribution in [0.15, 0.2) is 12.1 Å². The van der Waals surface area contributed by atoms with Crippen molar-refractivity contribution in [3.05, 3.63) is 40.2 Å². The molecular formula is C17H20N2O3. The van der Waals surface area contributed by atoms with Gasteiger partial charge in [0.1, 0.15) is 5.82 Å². The maximum atomic E-state index is 11.5. The molecule has 2 heterocycles. The van der Waals surface area contributed by atoms with Crippen LogP contribution in [0.4, 0.5) is 0 Å². The highest BCUT2D eigenvalue weighted by Gasteiger charge is 2.23. The Hall–Kier alpha value is -2.14. The van der Waals surface area contributed by atoms with Gasteiger partial charge in [0, 0.05) is 11.5 Å². The van der Waals surface area contributed by atoms with Crippen molar-refractivity contribution >= 4 is 5.97 Å². The van der Waals surface area contributed by atoms with Gasteiger partial charge in [-0.05, 0) is 30.5 Å². The Bertz CT molecular complexity index is 734. The van der Waals surface area contributed by atoms with Crippen LogP contribution in [0.1, 0.15) is 52.6 Å². The number of benzene rings is 1. The minimum Gasteiger partial charge on any atom is -0.478 e. The molecule has 0 saturated carbocycles. The Morgan fingerprint density at radius 2 is 2.27 bits per heavy atom. The number of fused-ring (bicyclic) bond motifs is 1. The predicted molar refractivity (Wildman–Crippen MR) is 83.2 cm³/mol. The monoisotopic (exact) mass is 300 g/mol. The fourth-order valence-electron chi connectivity index (χ4n) is 3.00. The van der Waals surface area contributed by atoms with Crippen molar-refractivity contribution in [3.8, 4) is 11.4 Å². The van der Waals surface area contributed by atoms with Gasteiger partial charge in [0.25, 0.3) is 0 Å². The highest BCUT2D eigenvalue weighted by molar-refractivity contribution is 5.91. The predicted octanol–water partition coefficient (Wildman–Crippen LogP) is 3.28. The zero-order valence-corrected chi connectivity index (χ0v) is 13.1. The Balaban J connectivity index is 2.12. The molecule has 1 atom stereocenters. The van der Waals surface area contributed by atoms with E-state index in [0.29, 0.717) is 25.2 Å². The number of aromatic carboxylic acids is 1. The minimum atomic E-state index is -0.897. The van der Waals surface area contributed by atoms with E-state index in [1.807, 2.05) is 19.9 Å². The lowest BCUT2D eigenvalue weighted by Crippen LogP contribution is -2.13. The summed E-state index contributed by atoms with van der Waals surface area (Å²) < 4.78 is 5.52. The third kappa shape index (κ3) is 2.41. The Morgan fingerprint density at radius 1 is 1.50 bits per heavy atom. The van der Waals surface area contributed by atoms with Crippen LogP contribution in [0.5, 0.6) is 0 Å². The molecule has 22 heavy (non-hydrogen) atoms. The molecule has 116 valence electrons. The SMILES string of the molecule is CCc1cc(C)c(-c2nc3c([nH]2)COCC3C)cc1C(=O)O. The highest BCUT2D eigenvalue weighted by Crippen LogP contribution is 2.30. The van der Waals surface area contributed by atoms with Crippen LogP contribution in [0, 0.1) is 6.92 Å². The molecule has 0 bridgehead atoms. The van der Waals surface area contributed by atoms with Gasteiger partial charge in [0.15, 0.2) is 0 Å². The number of H-pyrrole nitrogens is 1. The van der Waals surface area contributed by atoms with Gasteiger partial charge in [-0.25, -0.2) is 9.78 Å². The van der Waals surface area contributed by atoms with Crippen LogP contribution in [0.25, 0.3) is 11.4 Å². The molecule has 1 aromatic carbocycles. The summed E-state index contributed by atoms with van der Waals surface area (Å²) in [6.07, 6.45) is 0.697. The Kier molecular flexibility index (Phi) is 3.74. The fraction of sp³-hybridized carbons (Fsp3) is 0.412. The maximum Gasteiger partial charge on any atom is 0.335 e. The summed E-state index contributed by atoms with van der Waals surface area (Å²) in [5, 5.41) is 9.41. The normalized spacial score (nSPS) is 17.3. The molecule has 1 aliphatic rings. The van der Waals surface area contributed by atoms with E-state index in [0.717, 1.165) is 33.9 Å². The van der Waals surface area contributed by atoms with Gasteiger partial charge in [0.05, 0.1) is 30.2 Å². The number of hydrogen-bond donors (Lipinski definition) is 2. The lowest BCUT2D eigenvalue weighted by atomic mass is 9.97. The summed E-state index contributed by atoms with van der Waals surface area (Å²) in [7, 11) is 0. The average Bonchev–Trinajstić information content (AvgIpc) is 2.91. The summed E-state index contributed by atoms with van der Waals surface area (Å²) in [6.45, 7) is 7.24. The summed E-state index contributed by atoms with van der Waals surface area (Å²) in [4.78, 5) is 19.5. The molecule has 0 saturated heterocycles. The zero-order chi connectivity index (χ0) is 15.9. The van der Waals surface area contributed by atoms with Crippen molar-refractivity contribution in [2.45, 2.75) is 39.7 Å². The number of ether oxygens (including phenoxy) is 1. The van der Waals surface area contributed by atoms with Gasteiger partial charge >= 0.3 is 5.97 Å². The van der Waals surface area contributed by atoms with E-state index < -0.39 is 5.97 Å². The molecule has 1 aromatic heterocycles. The molecular weight excluding hydrogens is 280 g/mol. The van der Waals surface area contributed by atoms with Crippen molar-refractivity contribution in [3.63, 3.8) is 0 Å². The van der Waals surface area contributed by atoms with E-state index in [2.05, 4.69) is 11.9 Å². The zero-order valence-electron chi connectivity index (χ0n) is 13.1. The Morgan fingerprint density at radius 3 is 2.91 bits per heavy atom. The number of hydrogen-bond acceptors (Lipinski definition) is 3. The molecule has 0 aliphatic carbocycles. The van der Waals surface area contributed by atoms with Gasteiger partial charge in [-0.15, -0.1) is 0 Å². The second-order valence-electron chi connectivity index (χ2n) is 5.85. The van der Waals surface area contributed by atoms with Crippen molar-refractivity contribution < 1.29 is 14.6 Å². The average molecular weight is 300 g/mol. The molecule has 0 fully saturated rings. The third-order valence-corrected chi connectivity index (χ3v) is 4.21. The van der Waals surface area contributed by atoms with Crippen molar-refractivity contribution in [1.29, 1.82) is 0 Å². The number of nitrogens with one attached hydrogen (secondary N) is 1. The standard InChI is InChI=1S/C17H20N2O3/c1-4-11-5-9(2)12(6-13(11)17(20)21)16-18-14-8-22-7-10(3)15(14)19-16/h5-6,10H,4,7-8H2,1-3H3,(H,18,19)(H,20,21). The molecule has 2 N–H and O–H groups in total. The molecule has 2 aromatic rings. The molecule has 0 spiro atoms. The number of carboxylic acid groups (broad SMARTS) is 1. The maximum absolute atomic E-state index is 11.5. The summed E-state index contributed by atoms with van der Waals surface area (Å²) >= 11 is 0. The number of aromatic nitrogens is 2. The molecule has 1 unspecified atom stereocenters. The van der Waals surface area contributed by atoms with Crippen LogP contribution in [-0.4, -0.2) is 27.7 Å². The summed E-state index contributed by atoms with van der Waals surface area (Å²) in [5.74, 6) is 0.0824. The lowest BCUT2D eigenvalue weighted by molar-refractivity contribution is 0.0696. The van der Waals surface area contributed by atoms with E-state index in [9.17, 15) is 9.90 Å². The molecule has 0 amide bonds. The van der Waals surface area contributed by atoms with Crippen LogP contribution < -0.4 is 0 Å². The number of carbonyl (C=O) groups is 1. The minimum absolute atomic E-state index is 0.253. The van der Waals surface area contributed by atoms with Crippen LogP contribution in [0.2, 0.25) is 0 Å². The second-order valence-corrected chi connectivity index (χ2v) is 5.85. The van der Waals surface area contributed by atoms with Gasteiger partial charge in [-0.1, -0.05) is 19.9 Å². The molecule has 1 aliphatic heterocycles. The van der Waals surface area contributed by atoms with Gasteiger partial charge < -0.3 is 14.8 Å². The molecule has 5 nitrogen and oxygen atoms in total. The number of rotatable bonds is 3. The second kappa shape index (κ2) is 5.57. The number of nitrogens with zero attached hydrogens (tertiary/aromatic N) is 1. The third-order valence-electron chi connectivity index (χ3n) is 4.21. The van der Waals surface area contributed by atoms with E-state index in [1.54, 1.807) is 6.07 Å². The largest absolute Gasteiger partial charge is 0.478 e. The summed E-state index contributed by atoms with van der Waals surface area (Å²) in [6, 6.07) is 3.67. The number of imidazole rings is 1. The fourth-order valence-corrected chi connectivity index (χ4v) is 3.00. The smallest absolute Gasteiger partial charge is 0.335 e. The van der Waals surface area contributed by atoms with Gasteiger partial charge in [-0.3, -0.25) is 0 Å². The highest BCUT2D eigenvalue weighted by atomic mass is 16.5. The molecule has 0 radical (unpaired) electrons. The van der Waals surface area contributed by atoms with E-state index in [1.165, 1.54) is 0 Å². The number of aromatic amines is 1. The molecule has 3 rings (SSSR count). The Labute approximate surface area is 129 Å². The van der Waals surface area contributed by atoms with Crippen molar-refractivity contribution in [2.24, 2.45) is 0 Å². The first-order chi connectivity index (χ1) is 10.5. The van der Waals surface area contributed by atoms with Crippen LogP contribution >= 0.6 is 0 Å². The number of carboxylic acids is 1.